The number of esters is 1. The van der Waals surface area contributed by atoms with Crippen molar-refractivity contribution in [3.63, 3.8) is 0 Å². The van der Waals surface area contributed by atoms with Crippen LogP contribution in [0.15, 0.2) is 4.34 Å². The first-order valence-electron chi connectivity index (χ1n) is 6.69. The van der Waals surface area contributed by atoms with E-state index in [4.69, 9.17) is 10.5 Å². The molecule has 1 amide bonds. The molecule has 2 heterocycles. The van der Waals surface area contributed by atoms with Crippen molar-refractivity contribution in [2.45, 2.75) is 24.1 Å². The number of nitrogens with zero attached hydrogens (tertiary/aromatic N) is 3. The zero-order valence-corrected chi connectivity index (χ0v) is 13.4. The van der Waals surface area contributed by atoms with Crippen LogP contribution >= 0.6 is 23.1 Å². The van der Waals surface area contributed by atoms with E-state index < -0.39 is 5.97 Å². The van der Waals surface area contributed by atoms with Gasteiger partial charge in [-0.15, -0.1) is 10.2 Å². The molecule has 1 aliphatic rings. The quantitative estimate of drug-likeness (QED) is 0.635. The number of aromatic nitrogens is 2. The molecule has 21 heavy (non-hydrogen) atoms. The van der Waals surface area contributed by atoms with Crippen LogP contribution in [0.4, 0.5) is 5.13 Å². The zero-order valence-electron chi connectivity index (χ0n) is 11.8. The number of ether oxygens (including phenoxy) is 1. The molecule has 7 nitrogen and oxygen atoms in total. The van der Waals surface area contributed by atoms with Crippen molar-refractivity contribution in [3.8, 4) is 0 Å². The predicted octanol–water partition coefficient (Wildman–Crippen LogP) is 1.01. The van der Waals surface area contributed by atoms with E-state index in [1.807, 2.05) is 0 Å². The van der Waals surface area contributed by atoms with Crippen molar-refractivity contribution in [1.82, 2.24) is 15.1 Å². The summed E-state index contributed by atoms with van der Waals surface area (Å²) in [5.74, 6) is 0.0438. The van der Waals surface area contributed by atoms with Gasteiger partial charge in [0.05, 0.1) is 5.75 Å². The van der Waals surface area contributed by atoms with Crippen molar-refractivity contribution in [2.24, 2.45) is 5.92 Å². The highest BCUT2D eigenvalue weighted by molar-refractivity contribution is 8.01. The Hall–Kier alpha value is -1.35. The first kappa shape index (κ1) is 16.0. The fourth-order valence-corrected chi connectivity index (χ4v) is 3.52. The van der Waals surface area contributed by atoms with Crippen molar-refractivity contribution in [3.05, 3.63) is 0 Å². The summed E-state index contributed by atoms with van der Waals surface area (Å²) in [5, 5.41) is 7.80. The third-order valence-electron chi connectivity index (χ3n) is 3.10. The average Bonchev–Trinajstić information content (AvgIpc) is 2.88. The second-order valence-corrected chi connectivity index (χ2v) is 7.17. The molecule has 0 spiro atoms. The molecule has 1 aliphatic heterocycles. The molecular formula is C12H18N4O3S2. The van der Waals surface area contributed by atoms with Crippen LogP contribution < -0.4 is 5.73 Å². The van der Waals surface area contributed by atoms with Gasteiger partial charge < -0.3 is 15.4 Å². The number of hydrogen-bond acceptors (Lipinski definition) is 8. The minimum absolute atomic E-state index is 0.0956. The summed E-state index contributed by atoms with van der Waals surface area (Å²) in [7, 11) is 0. The fraction of sp³-hybridized carbons (Fsp3) is 0.667. The lowest BCUT2D eigenvalue weighted by molar-refractivity contribution is -0.150. The summed E-state index contributed by atoms with van der Waals surface area (Å²) in [6.45, 7) is 3.43. The van der Waals surface area contributed by atoms with Gasteiger partial charge in [0.1, 0.15) is 0 Å². The van der Waals surface area contributed by atoms with E-state index in [2.05, 4.69) is 17.1 Å². The molecule has 1 unspecified atom stereocenters. The number of anilines is 1. The number of nitrogens with two attached hydrogens (primary N) is 1. The molecule has 2 rings (SSSR count). The van der Waals surface area contributed by atoms with Gasteiger partial charge in [0, 0.05) is 13.1 Å². The molecule has 2 N–H and O–H groups in total. The molecule has 9 heteroatoms. The largest absolute Gasteiger partial charge is 0.455 e. The highest BCUT2D eigenvalue weighted by Crippen LogP contribution is 2.23. The SMILES string of the molecule is CC1CCCN(C(=O)COC(=O)CSc2nnc(N)s2)C1. The Morgan fingerprint density at radius 2 is 2.33 bits per heavy atom. The van der Waals surface area contributed by atoms with Crippen LogP contribution in [0.5, 0.6) is 0 Å². The lowest BCUT2D eigenvalue weighted by atomic mass is 10.0. The normalized spacial score (nSPS) is 18.5. The Morgan fingerprint density at radius 1 is 1.52 bits per heavy atom. The summed E-state index contributed by atoms with van der Waals surface area (Å²) in [6, 6.07) is 0. The summed E-state index contributed by atoms with van der Waals surface area (Å²) >= 11 is 2.42. The van der Waals surface area contributed by atoms with Gasteiger partial charge in [-0.1, -0.05) is 30.0 Å². The third-order valence-corrected chi connectivity index (χ3v) is 4.96. The molecule has 0 radical (unpaired) electrons. The van der Waals surface area contributed by atoms with Crippen LogP contribution in [0.2, 0.25) is 0 Å². The highest BCUT2D eigenvalue weighted by atomic mass is 32.2. The maximum Gasteiger partial charge on any atom is 0.316 e. The zero-order chi connectivity index (χ0) is 15.2. The molecule has 1 fully saturated rings. The molecular weight excluding hydrogens is 312 g/mol. The molecule has 0 bridgehead atoms. The van der Waals surface area contributed by atoms with Crippen molar-refractivity contribution >= 4 is 40.1 Å². The van der Waals surface area contributed by atoms with Crippen molar-refractivity contribution in [1.29, 1.82) is 0 Å². The van der Waals surface area contributed by atoms with Crippen LogP contribution in [0.1, 0.15) is 19.8 Å². The van der Waals surface area contributed by atoms with Crippen LogP contribution in [0.25, 0.3) is 0 Å². The number of hydrogen-bond donors (Lipinski definition) is 1. The summed E-state index contributed by atoms with van der Waals surface area (Å²) in [4.78, 5) is 25.3. The van der Waals surface area contributed by atoms with E-state index in [1.165, 1.54) is 23.1 Å². The van der Waals surface area contributed by atoms with Crippen molar-refractivity contribution < 1.29 is 14.3 Å². The molecule has 0 saturated carbocycles. The van der Waals surface area contributed by atoms with Crippen LogP contribution in [-0.4, -0.2) is 52.4 Å². The second-order valence-electron chi connectivity index (χ2n) is 4.94. The van der Waals surface area contributed by atoms with E-state index in [0.717, 1.165) is 25.9 Å². The first-order valence-corrected chi connectivity index (χ1v) is 8.50. The standard InChI is InChI=1S/C12H18N4O3S2/c1-8-3-2-4-16(5-8)9(17)6-19-10(18)7-20-12-15-14-11(13)21-12/h8H,2-7H2,1H3,(H2,13,14). The Balaban J connectivity index is 1.67. The number of nitrogen functional groups attached to an aromatic ring is 1. The number of likely N-dealkylation sites (tertiary alicyclic amines) is 1. The summed E-state index contributed by atoms with van der Waals surface area (Å²) < 4.78 is 5.61. The molecule has 0 aromatic carbocycles. The Bertz CT molecular complexity index is 508. The van der Waals surface area contributed by atoms with E-state index in [0.29, 0.717) is 15.4 Å². The first-order chi connectivity index (χ1) is 10.0. The second kappa shape index (κ2) is 7.60. The summed E-state index contributed by atoms with van der Waals surface area (Å²) in [6.07, 6.45) is 2.15. The van der Waals surface area contributed by atoms with Gasteiger partial charge in [-0.3, -0.25) is 9.59 Å². The maximum absolute atomic E-state index is 11.9. The number of rotatable bonds is 5. The minimum atomic E-state index is -0.438. The van der Waals surface area contributed by atoms with Gasteiger partial charge in [0.15, 0.2) is 10.9 Å². The van der Waals surface area contributed by atoms with E-state index in [-0.39, 0.29) is 18.3 Å². The fourth-order valence-electron chi connectivity index (χ4n) is 2.09. The molecule has 1 saturated heterocycles. The number of carbonyl (C=O) groups is 2. The molecule has 1 atom stereocenters. The van der Waals surface area contributed by atoms with Crippen molar-refractivity contribution in [2.75, 3.05) is 31.2 Å². The smallest absolute Gasteiger partial charge is 0.316 e. The highest BCUT2D eigenvalue weighted by Gasteiger charge is 2.21. The number of thioether (sulfide) groups is 1. The Kier molecular flexibility index (Phi) is 5.80. The molecule has 1 aromatic heterocycles. The number of amides is 1. The monoisotopic (exact) mass is 330 g/mol. The van der Waals surface area contributed by atoms with E-state index >= 15 is 0 Å². The van der Waals surface area contributed by atoms with Gasteiger partial charge in [-0.2, -0.15) is 0 Å². The molecule has 116 valence electrons. The summed E-state index contributed by atoms with van der Waals surface area (Å²) in [5.41, 5.74) is 5.44. The van der Waals surface area contributed by atoms with Gasteiger partial charge in [0.2, 0.25) is 5.13 Å². The van der Waals surface area contributed by atoms with Crippen LogP contribution in [-0.2, 0) is 14.3 Å². The maximum atomic E-state index is 11.9. The predicted molar refractivity (Wildman–Crippen MR) is 81.0 cm³/mol. The number of piperidine rings is 1. The third kappa shape index (κ3) is 5.16. The van der Waals surface area contributed by atoms with Crippen LogP contribution in [0, 0.1) is 5.92 Å². The van der Waals surface area contributed by atoms with Gasteiger partial charge >= 0.3 is 5.97 Å². The van der Waals surface area contributed by atoms with Crippen LogP contribution in [0.3, 0.4) is 0 Å². The average molecular weight is 330 g/mol. The van der Waals surface area contributed by atoms with Gasteiger partial charge in [-0.05, 0) is 18.8 Å². The number of carbonyl (C=O) groups excluding carboxylic acids is 2. The lowest BCUT2D eigenvalue weighted by Crippen LogP contribution is -2.41. The van der Waals surface area contributed by atoms with Gasteiger partial charge in [-0.25, -0.2) is 0 Å². The Morgan fingerprint density at radius 3 is 3.00 bits per heavy atom. The molecule has 1 aromatic rings. The van der Waals surface area contributed by atoms with E-state index in [1.54, 1.807) is 4.90 Å². The lowest BCUT2D eigenvalue weighted by Gasteiger charge is -2.30. The minimum Gasteiger partial charge on any atom is -0.455 e. The van der Waals surface area contributed by atoms with E-state index in [9.17, 15) is 9.59 Å². The Labute approximate surface area is 131 Å². The topological polar surface area (TPSA) is 98.4 Å². The molecule has 0 aliphatic carbocycles. The van der Waals surface area contributed by atoms with Gasteiger partial charge in [0.25, 0.3) is 5.91 Å².